The normalized spacial score (nSPS) is 17.8. The first-order chi connectivity index (χ1) is 6.90. The number of imidazole rings is 1. The Morgan fingerprint density at radius 3 is 2.79 bits per heavy atom. The first-order valence-corrected chi connectivity index (χ1v) is 5.32. The van der Waals surface area contributed by atoms with Crippen LogP contribution in [-0.4, -0.2) is 34.1 Å². The second-order valence-corrected chi connectivity index (χ2v) is 3.79. The highest BCUT2D eigenvalue weighted by molar-refractivity contribution is 4.91. The van der Waals surface area contributed by atoms with E-state index in [1.54, 1.807) is 0 Å². The van der Waals surface area contributed by atoms with Crippen molar-refractivity contribution >= 4 is 0 Å². The first-order valence-electron chi connectivity index (χ1n) is 5.32. The molecule has 0 aliphatic carbocycles. The third-order valence-electron chi connectivity index (χ3n) is 2.84. The second kappa shape index (κ2) is 4.57. The molecule has 0 spiro atoms. The van der Waals surface area contributed by atoms with Gasteiger partial charge < -0.3 is 15.2 Å². The molecule has 0 amide bonds. The molecular formula is C10H18N4. The Bertz CT molecular complexity index is 275. The average molecular weight is 194 g/mol. The van der Waals surface area contributed by atoms with E-state index in [2.05, 4.69) is 14.5 Å². The van der Waals surface area contributed by atoms with E-state index in [4.69, 9.17) is 5.73 Å². The van der Waals surface area contributed by atoms with Crippen molar-refractivity contribution in [3.8, 4) is 0 Å². The molecule has 2 rings (SSSR count). The van der Waals surface area contributed by atoms with Gasteiger partial charge in [0.2, 0.25) is 0 Å². The Hall–Kier alpha value is -0.870. The molecule has 0 saturated carbocycles. The van der Waals surface area contributed by atoms with E-state index < -0.39 is 0 Å². The van der Waals surface area contributed by atoms with Crippen molar-refractivity contribution in [1.29, 1.82) is 0 Å². The summed E-state index contributed by atoms with van der Waals surface area (Å²) in [5, 5.41) is 0. The quantitative estimate of drug-likeness (QED) is 0.756. The fraction of sp³-hybridized carbons (Fsp3) is 0.700. The van der Waals surface area contributed by atoms with Crippen LogP contribution in [0.1, 0.15) is 18.7 Å². The van der Waals surface area contributed by atoms with Gasteiger partial charge in [-0.25, -0.2) is 4.98 Å². The smallest absolute Gasteiger partial charge is 0.122 e. The average Bonchev–Trinajstić information content (AvgIpc) is 2.85. The molecule has 1 saturated heterocycles. The number of likely N-dealkylation sites (tertiary alicyclic amines) is 1. The van der Waals surface area contributed by atoms with E-state index in [-0.39, 0.29) is 0 Å². The van der Waals surface area contributed by atoms with Crippen molar-refractivity contribution in [3.63, 3.8) is 0 Å². The summed E-state index contributed by atoms with van der Waals surface area (Å²) in [6.07, 6.45) is 6.55. The van der Waals surface area contributed by atoms with Crippen molar-refractivity contribution in [1.82, 2.24) is 14.5 Å². The van der Waals surface area contributed by atoms with Gasteiger partial charge in [0.25, 0.3) is 0 Å². The largest absolute Gasteiger partial charge is 0.333 e. The van der Waals surface area contributed by atoms with E-state index in [1.807, 2.05) is 12.4 Å². The molecule has 0 aromatic carbocycles. The summed E-state index contributed by atoms with van der Waals surface area (Å²) in [4.78, 5) is 6.70. The standard InChI is InChI=1S/C10H18N4/c11-9-10-12-3-6-14(10)8-7-13-4-1-2-5-13/h3,6H,1-2,4-5,7-9,11H2. The van der Waals surface area contributed by atoms with Crippen LogP contribution in [0, 0.1) is 0 Å². The lowest BCUT2D eigenvalue weighted by molar-refractivity contribution is 0.320. The highest BCUT2D eigenvalue weighted by atomic mass is 15.2. The van der Waals surface area contributed by atoms with E-state index >= 15 is 0 Å². The Morgan fingerprint density at radius 1 is 1.29 bits per heavy atom. The van der Waals surface area contributed by atoms with Gasteiger partial charge in [0.05, 0.1) is 6.54 Å². The maximum atomic E-state index is 5.58. The van der Waals surface area contributed by atoms with E-state index in [0.717, 1.165) is 18.9 Å². The fourth-order valence-electron chi connectivity index (χ4n) is 1.99. The minimum atomic E-state index is 0.535. The summed E-state index contributed by atoms with van der Waals surface area (Å²) in [6, 6.07) is 0. The summed E-state index contributed by atoms with van der Waals surface area (Å²) < 4.78 is 2.15. The molecule has 1 aromatic rings. The van der Waals surface area contributed by atoms with Crippen molar-refractivity contribution in [2.24, 2.45) is 5.73 Å². The van der Waals surface area contributed by atoms with Gasteiger partial charge in [-0.1, -0.05) is 0 Å². The molecule has 0 atom stereocenters. The summed E-state index contributed by atoms with van der Waals surface area (Å²) >= 11 is 0. The number of aromatic nitrogens is 2. The fourth-order valence-corrected chi connectivity index (χ4v) is 1.99. The number of nitrogens with zero attached hydrogens (tertiary/aromatic N) is 3. The molecule has 1 fully saturated rings. The van der Waals surface area contributed by atoms with Gasteiger partial charge in [-0.05, 0) is 25.9 Å². The Labute approximate surface area is 84.7 Å². The molecule has 78 valence electrons. The van der Waals surface area contributed by atoms with E-state index in [0.29, 0.717) is 6.54 Å². The SMILES string of the molecule is NCc1nccn1CCN1CCCC1. The maximum absolute atomic E-state index is 5.58. The van der Waals surface area contributed by atoms with Crippen LogP contribution in [0.4, 0.5) is 0 Å². The van der Waals surface area contributed by atoms with Crippen molar-refractivity contribution in [3.05, 3.63) is 18.2 Å². The molecule has 0 bridgehead atoms. The van der Waals surface area contributed by atoms with Gasteiger partial charge >= 0.3 is 0 Å². The van der Waals surface area contributed by atoms with Crippen LogP contribution in [0.5, 0.6) is 0 Å². The molecule has 1 aliphatic heterocycles. The van der Waals surface area contributed by atoms with Gasteiger partial charge in [-0.2, -0.15) is 0 Å². The molecule has 0 radical (unpaired) electrons. The molecule has 0 unspecified atom stereocenters. The predicted octanol–water partition coefficient (Wildman–Crippen LogP) is 0.438. The third kappa shape index (κ3) is 2.13. The summed E-state index contributed by atoms with van der Waals surface area (Å²) in [5.74, 6) is 0.990. The predicted molar refractivity (Wildman–Crippen MR) is 55.8 cm³/mol. The zero-order valence-corrected chi connectivity index (χ0v) is 8.52. The second-order valence-electron chi connectivity index (χ2n) is 3.79. The number of nitrogens with two attached hydrogens (primary N) is 1. The monoisotopic (exact) mass is 194 g/mol. The lowest BCUT2D eigenvalue weighted by Crippen LogP contribution is -2.24. The minimum Gasteiger partial charge on any atom is -0.333 e. The zero-order chi connectivity index (χ0) is 9.80. The first kappa shape index (κ1) is 9.68. The summed E-state index contributed by atoms with van der Waals surface area (Å²) in [5.41, 5.74) is 5.58. The number of hydrogen-bond donors (Lipinski definition) is 1. The lowest BCUT2D eigenvalue weighted by Gasteiger charge is -2.15. The van der Waals surface area contributed by atoms with Crippen LogP contribution in [0.15, 0.2) is 12.4 Å². The highest BCUT2D eigenvalue weighted by Gasteiger charge is 2.11. The van der Waals surface area contributed by atoms with Crippen LogP contribution in [-0.2, 0) is 13.1 Å². The van der Waals surface area contributed by atoms with Gasteiger partial charge in [-0.3, -0.25) is 0 Å². The molecule has 1 aliphatic rings. The van der Waals surface area contributed by atoms with Gasteiger partial charge in [0.1, 0.15) is 5.82 Å². The van der Waals surface area contributed by atoms with Gasteiger partial charge in [0.15, 0.2) is 0 Å². The number of rotatable bonds is 4. The van der Waals surface area contributed by atoms with E-state index in [9.17, 15) is 0 Å². The number of hydrogen-bond acceptors (Lipinski definition) is 3. The molecule has 1 aromatic heterocycles. The van der Waals surface area contributed by atoms with Crippen LogP contribution >= 0.6 is 0 Å². The van der Waals surface area contributed by atoms with Gasteiger partial charge in [-0.15, -0.1) is 0 Å². The van der Waals surface area contributed by atoms with Crippen LogP contribution < -0.4 is 5.73 Å². The van der Waals surface area contributed by atoms with Gasteiger partial charge in [0, 0.05) is 25.5 Å². The van der Waals surface area contributed by atoms with Crippen molar-refractivity contribution in [2.45, 2.75) is 25.9 Å². The molecule has 2 heterocycles. The summed E-state index contributed by atoms with van der Waals surface area (Å²) in [6.45, 7) is 5.20. The zero-order valence-electron chi connectivity index (χ0n) is 8.52. The Balaban J connectivity index is 1.84. The summed E-state index contributed by atoms with van der Waals surface area (Å²) in [7, 11) is 0. The van der Waals surface area contributed by atoms with Crippen molar-refractivity contribution < 1.29 is 0 Å². The topological polar surface area (TPSA) is 47.1 Å². The van der Waals surface area contributed by atoms with Crippen LogP contribution in [0.3, 0.4) is 0 Å². The minimum absolute atomic E-state index is 0.535. The molecule has 2 N–H and O–H groups in total. The molecule has 14 heavy (non-hydrogen) atoms. The van der Waals surface area contributed by atoms with Crippen molar-refractivity contribution in [2.75, 3.05) is 19.6 Å². The third-order valence-corrected chi connectivity index (χ3v) is 2.84. The molecule has 4 nitrogen and oxygen atoms in total. The van der Waals surface area contributed by atoms with Crippen LogP contribution in [0.25, 0.3) is 0 Å². The lowest BCUT2D eigenvalue weighted by atomic mass is 10.4. The molecular weight excluding hydrogens is 176 g/mol. The van der Waals surface area contributed by atoms with Crippen LogP contribution in [0.2, 0.25) is 0 Å². The highest BCUT2D eigenvalue weighted by Crippen LogP contribution is 2.07. The Morgan fingerprint density at radius 2 is 2.07 bits per heavy atom. The maximum Gasteiger partial charge on any atom is 0.122 e. The Kier molecular flexibility index (Phi) is 3.16. The molecule has 4 heteroatoms. The van der Waals surface area contributed by atoms with E-state index in [1.165, 1.54) is 25.9 Å².